The first-order valence-corrected chi connectivity index (χ1v) is 4.63. The van der Waals surface area contributed by atoms with Gasteiger partial charge in [-0.25, -0.2) is 4.39 Å². The minimum Gasteiger partial charge on any atom is -0.342 e. The highest BCUT2D eigenvalue weighted by molar-refractivity contribution is 6.29. The Morgan fingerprint density at radius 2 is 2.21 bits per heavy atom. The van der Waals surface area contributed by atoms with E-state index in [0.29, 0.717) is 17.0 Å². The standard InChI is InChI=1S/C11H9ClFN/c1-8(12)7-14-6-5-9-10(13)3-2-4-11(9)14/h2-6H,1,7H2. The molecule has 0 aliphatic rings. The topological polar surface area (TPSA) is 4.93 Å². The lowest BCUT2D eigenvalue weighted by Gasteiger charge is -2.02. The maximum absolute atomic E-state index is 13.3. The number of allylic oxidation sites excluding steroid dienone is 1. The molecule has 14 heavy (non-hydrogen) atoms. The van der Waals surface area contributed by atoms with E-state index in [2.05, 4.69) is 6.58 Å². The molecule has 0 saturated heterocycles. The lowest BCUT2D eigenvalue weighted by atomic mass is 10.2. The zero-order valence-electron chi connectivity index (χ0n) is 7.50. The fourth-order valence-corrected chi connectivity index (χ4v) is 1.64. The van der Waals surface area contributed by atoms with Crippen molar-refractivity contribution in [2.45, 2.75) is 6.54 Å². The van der Waals surface area contributed by atoms with Gasteiger partial charge in [0.05, 0.1) is 12.1 Å². The summed E-state index contributed by atoms with van der Waals surface area (Å²) >= 11 is 5.70. The van der Waals surface area contributed by atoms with Crippen molar-refractivity contribution in [2.24, 2.45) is 0 Å². The summed E-state index contributed by atoms with van der Waals surface area (Å²) in [6.45, 7) is 4.12. The average Bonchev–Trinajstić information content (AvgIpc) is 2.49. The van der Waals surface area contributed by atoms with E-state index in [4.69, 9.17) is 11.6 Å². The lowest BCUT2D eigenvalue weighted by Crippen LogP contribution is -1.94. The van der Waals surface area contributed by atoms with Crippen LogP contribution in [0.1, 0.15) is 0 Å². The van der Waals surface area contributed by atoms with Crippen LogP contribution in [0.25, 0.3) is 10.9 Å². The summed E-state index contributed by atoms with van der Waals surface area (Å²) in [6.07, 6.45) is 1.81. The molecule has 0 unspecified atom stereocenters. The van der Waals surface area contributed by atoms with Gasteiger partial charge in [0, 0.05) is 16.6 Å². The molecule has 0 aliphatic carbocycles. The third-order valence-corrected chi connectivity index (χ3v) is 2.22. The number of rotatable bonds is 2. The Labute approximate surface area is 86.4 Å². The van der Waals surface area contributed by atoms with E-state index >= 15 is 0 Å². The number of hydrogen-bond donors (Lipinski definition) is 0. The van der Waals surface area contributed by atoms with E-state index in [9.17, 15) is 4.39 Å². The van der Waals surface area contributed by atoms with Crippen LogP contribution in [0.15, 0.2) is 42.1 Å². The zero-order chi connectivity index (χ0) is 10.1. The number of hydrogen-bond acceptors (Lipinski definition) is 0. The summed E-state index contributed by atoms with van der Waals surface area (Å²) in [5.41, 5.74) is 0.840. The Morgan fingerprint density at radius 3 is 2.93 bits per heavy atom. The Bertz CT molecular complexity index is 487. The van der Waals surface area contributed by atoms with E-state index in [-0.39, 0.29) is 5.82 Å². The van der Waals surface area contributed by atoms with Crippen LogP contribution in [0.2, 0.25) is 0 Å². The molecular weight excluding hydrogens is 201 g/mol. The number of benzene rings is 1. The average molecular weight is 210 g/mol. The zero-order valence-corrected chi connectivity index (χ0v) is 8.26. The van der Waals surface area contributed by atoms with Crippen LogP contribution in [0.3, 0.4) is 0 Å². The maximum atomic E-state index is 13.3. The molecule has 3 heteroatoms. The molecule has 2 rings (SSSR count). The van der Waals surface area contributed by atoms with E-state index < -0.39 is 0 Å². The van der Waals surface area contributed by atoms with Gasteiger partial charge in [-0.3, -0.25) is 0 Å². The van der Waals surface area contributed by atoms with Gasteiger partial charge in [-0.15, -0.1) is 0 Å². The van der Waals surface area contributed by atoms with Gasteiger partial charge in [0.1, 0.15) is 5.82 Å². The second kappa shape index (κ2) is 3.46. The first-order valence-electron chi connectivity index (χ1n) is 4.25. The van der Waals surface area contributed by atoms with Gasteiger partial charge in [0.2, 0.25) is 0 Å². The van der Waals surface area contributed by atoms with Crippen LogP contribution in [-0.4, -0.2) is 4.57 Å². The minimum absolute atomic E-state index is 0.207. The Balaban J connectivity index is 2.58. The summed E-state index contributed by atoms with van der Waals surface area (Å²) in [7, 11) is 0. The molecule has 0 N–H and O–H groups in total. The highest BCUT2D eigenvalue weighted by Crippen LogP contribution is 2.20. The van der Waals surface area contributed by atoms with Crippen LogP contribution in [0.4, 0.5) is 4.39 Å². The molecule has 2 aromatic rings. The van der Waals surface area contributed by atoms with E-state index in [1.807, 2.05) is 10.6 Å². The van der Waals surface area contributed by atoms with Gasteiger partial charge in [0.25, 0.3) is 0 Å². The number of nitrogens with zero attached hydrogens (tertiary/aromatic N) is 1. The molecule has 0 aliphatic heterocycles. The number of fused-ring (bicyclic) bond motifs is 1. The predicted octanol–water partition coefficient (Wildman–Crippen LogP) is 3.53. The fraction of sp³-hybridized carbons (Fsp3) is 0.0909. The van der Waals surface area contributed by atoms with Gasteiger partial charge in [-0.05, 0) is 18.2 Å². The second-order valence-corrected chi connectivity index (χ2v) is 3.67. The Hall–Kier alpha value is -1.28. The largest absolute Gasteiger partial charge is 0.342 e. The molecule has 0 saturated carbocycles. The fourth-order valence-electron chi connectivity index (χ4n) is 1.51. The molecule has 0 atom stereocenters. The quantitative estimate of drug-likeness (QED) is 0.713. The highest BCUT2D eigenvalue weighted by atomic mass is 35.5. The molecule has 0 fully saturated rings. The van der Waals surface area contributed by atoms with Crippen LogP contribution in [-0.2, 0) is 6.54 Å². The normalized spacial score (nSPS) is 10.7. The van der Waals surface area contributed by atoms with Gasteiger partial charge in [0.15, 0.2) is 0 Å². The molecule has 1 heterocycles. The van der Waals surface area contributed by atoms with Gasteiger partial charge < -0.3 is 4.57 Å². The molecule has 1 aromatic heterocycles. The highest BCUT2D eigenvalue weighted by Gasteiger charge is 2.04. The van der Waals surface area contributed by atoms with Crippen molar-refractivity contribution in [3.8, 4) is 0 Å². The van der Waals surface area contributed by atoms with Crippen LogP contribution in [0.5, 0.6) is 0 Å². The third kappa shape index (κ3) is 1.53. The van der Waals surface area contributed by atoms with Crippen molar-refractivity contribution in [3.63, 3.8) is 0 Å². The molecule has 0 amide bonds. The Morgan fingerprint density at radius 1 is 1.43 bits per heavy atom. The van der Waals surface area contributed by atoms with Crippen molar-refractivity contribution >= 4 is 22.5 Å². The molecule has 1 nitrogen and oxygen atoms in total. The molecule has 0 bridgehead atoms. The molecule has 1 aromatic carbocycles. The van der Waals surface area contributed by atoms with Crippen LogP contribution >= 0.6 is 11.6 Å². The van der Waals surface area contributed by atoms with Gasteiger partial charge in [-0.2, -0.15) is 0 Å². The molecular formula is C11H9ClFN. The monoisotopic (exact) mass is 209 g/mol. The predicted molar refractivity (Wildman–Crippen MR) is 56.9 cm³/mol. The number of aromatic nitrogens is 1. The van der Waals surface area contributed by atoms with Crippen molar-refractivity contribution in [3.05, 3.63) is 47.9 Å². The van der Waals surface area contributed by atoms with Crippen LogP contribution in [0, 0.1) is 5.82 Å². The molecule has 0 spiro atoms. The van der Waals surface area contributed by atoms with E-state index in [0.717, 1.165) is 5.52 Å². The van der Waals surface area contributed by atoms with Crippen molar-refractivity contribution < 1.29 is 4.39 Å². The Kier molecular flexibility index (Phi) is 2.30. The minimum atomic E-state index is -0.207. The first-order chi connectivity index (χ1) is 6.68. The summed E-state index contributed by atoms with van der Waals surface area (Å²) in [5.74, 6) is -0.207. The first kappa shape index (κ1) is 9.28. The van der Waals surface area contributed by atoms with Crippen molar-refractivity contribution in [1.82, 2.24) is 4.57 Å². The maximum Gasteiger partial charge on any atom is 0.132 e. The van der Waals surface area contributed by atoms with E-state index in [1.165, 1.54) is 6.07 Å². The van der Waals surface area contributed by atoms with Crippen molar-refractivity contribution in [2.75, 3.05) is 0 Å². The molecule has 0 radical (unpaired) electrons. The van der Waals surface area contributed by atoms with E-state index in [1.54, 1.807) is 18.3 Å². The third-order valence-electron chi connectivity index (χ3n) is 2.10. The van der Waals surface area contributed by atoms with Crippen LogP contribution < -0.4 is 0 Å². The number of halogens is 2. The lowest BCUT2D eigenvalue weighted by molar-refractivity contribution is 0.639. The molecule has 72 valence electrons. The summed E-state index contributed by atoms with van der Waals surface area (Å²) in [6, 6.07) is 6.73. The summed E-state index contributed by atoms with van der Waals surface area (Å²) in [4.78, 5) is 0. The summed E-state index contributed by atoms with van der Waals surface area (Å²) in [5, 5.41) is 1.15. The van der Waals surface area contributed by atoms with Gasteiger partial charge >= 0.3 is 0 Å². The van der Waals surface area contributed by atoms with Gasteiger partial charge in [-0.1, -0.05) is 24.2 Å². The smallest absolute Gasteiger partial charge is 0.132 e. The SMILES string of the molecule is C=C(Cl)Cn1ccc2c(F)cccc21. The summed E-state index contributed by atoms with van der Waals surface area (Å²) < 4.78 is 15.1. The second-order valence-electron chi connectivity index (χ2n) is 3.13. The van der Waals surface area contributed by atoms with Crippen molar-refractivity contribution in [1.29, 1.82) is 0 Å².